The molecule has 1 heterocycles. The minimum Gasteiger partial charge on any atom is -0.379 e. The van der Waals surface area contributed by atoms with Crippen LogP contribution in [0.3, 0.4) is 0 Å². The molecule has 0 saturated carbocycles. The van der Waals surface area contributed by atoms with Crippen molar-refractivity contribution in [3.05, 3.63) is 35.9 Å². The second-order valence-electron chi connectivity index (χ2n) is 5.81. The van der Waals surface area contributed by atoms with Crippen LogP contribution in [-0.2, 0) is 16.1 Å². The average Bonchev–Trinajstić information content (AvgIpc) is 2.54. The van der Waals surface area contributed by atoms with Gasteiger partial charge in [0.2, 0.25) is 5.91 Å². The quantitative estimate of drug-likeness (QED) is 0.819. The lowest BCUT2D eigenvalue weighted by molar-refractivity contribution is -0.134. The molecular weight excluding hydrogens is 278 g/mol. The van der Waals surface area contributed by atoms with Crippen LogP contribution in [0.15, 0.2) is 30.3 Å². The number of benzene rings is 1. The van der Waals surface area contributed by atoms with E-state index in [1.807, 2.05) is 23.1 Å². The molecule has 1 aliphatic heterocycles. The van der Waals surface area contributed by atoms with Crippen LogP contribution < -0.4 is 5.73 Å². The summed E-state index contributed by atoms with van der Waals surface area (Å²) in [6, 6.07) is 10.3. The van der Waals surface area contributed by atoms with Gasteiger partial charge >= 0.3 is 0 Å². The van der Waals surface area contributed by atoms with Crippen molar-refractivity contribution in [2.24, 2.45) is 5.73 Å². The molecule has 0 aliphatic carbocycles. The van der Waals surface area contributed by atoms with Crippen LogP contribution >= 0.6 is 0 Å². The Bertz CT molecular complexity index is 446. The summed E-state index contributed by atoms with van der Waals surface area (Å²) in [5, 5.41) is 0. The van der Waals surface area contributed by atoms with Crippen molar-refractivity contribution in [2.75, 3.05) is 39.4 Å². The third-order valence-electron chi connectivity index (χ3n) is 4.03. The van der Waals surface area contributed by atoms with Gasteiger partial charge in [0.1, 0.15) is 0 Å². The fraction of sp³-hybridized carbons (Fsp3) is 0.588. The van der Waals surface area contributed by atoms with E-state index in [1.165, 1.54) is 0 Å². The van der Waals surface area contributed by atoms with E-state index in [0.29, 0.717) is 19.5 Å². The predicted molar refractivity (Wildman–Crippen MR) is 87.4 cm³/mol. The zero-order valence-corrected chi connectivity index (χ0v) is 13.4. The summed E-state index contributed by atoms with van der Waals surface area (Å²) in [4.78, 5) is 16.8. The highest BCUT2D eigenvalue weighted by Gasteiger charge is 2.22. The van der Waals surface area contributed by atoms with Crippen LogP contribution in [0, 0.1) is 0 Å². The number of carbonyl (C=O) groups is 1. The molecule has 122 valence electrons. The second kappa shape index (κ2) is 8.88. The number of morpholine rings is 1. The zero-order chi connectivity index (χ0) is 15.8. The monoisotopic (exact) mass is 305 g/mol. The Morgan fingerprint density at radius 3 is 2.64 bits per heavy atom. The van der Waals surface area contributed by atoms with Crippen molar-refractivity contribution in [1.82, 2.24) is 9.80 Å². The molecule has 1 saturated heterocycles. The molecule has 1 atom stereocenters. The van der Waals surface area contributed by atoms with Crippen LogP contribution in [0.25, 0.3) is 0 Å². The Balaban J connectivity index is 2.00. The summed E-state index contributed by atoms with van der Waals surface area (Å²) >= 11 is 0. The Labute approximate surface area is 133 Å². The van der Waals surface area contributed by atoms with Gasteiger partial charge in [-0.2, -0.15) is 0 Å². The smallest absolute Gasteiger partial charge is 0.224 e. The molecule has 0 aromatic heterocycles. The van der Waals surface area contributed by atoms with Crippen LogP contribution in [-0.4, -0.2) is 61.1 Å². The lowest BCUT2D eigenvalue weighted by Crippen LogP contribution is -2.48. The van der Waals surface area contributed by atoms with Crippen LogP contribution in [0.2, 0.25) is 0 Å². The number of nitrogens with two attached hydrogens (primary N) is 1. The third kappa shape index (κ3) is 5.09. The maximum absolute atomic E-state index is 12.4. The fourth-order valence-corrected chi connectivity index (χ4v) is 2.79. The lowest BCUT2D eigenvalue weighted by atomic mass is 10.1. The lowest BCUT2D eigenvalue weighted by Gasteiger charge is -2.35. The van der Waals surface area contributed by atoms with E-state index in [2.05, 4.69) is 24.0 Å². The fourth-order valence-electron chi connectivity index (χ4n) is 2.79. The number of nitrogens with zero attached hydrogens (tertiary/aromatic N) is 2. The summed E-state index contributed by atoms with van der Waals surface area (Å²) in [6.45, 7) is 7.48. The summed E-state index contributed by atoms with van der Waals surface area (Å²) in [5.74, 6) is 0.132. The molecule has 1 unspecified atom stereocenters. The van der Waals surface area contributed by atoms with Crippen molar-refractivity contribution < 1.29 is 9.53 Å². The first-order valence-electron chi connectivity index (χ1n) is 8.04. The number of carbonyl (C=O) groups excluding carboxylic acids is 1. The minimum atomic E-state index is 0.132. The Hall–Kier alpha value is -1.43. The molecule has 5 nitrogen and oxygen atoms in total. The molecule has 2 N–H and O–H groups in total. The normalized spacial score (nSPS) is 17.2. The van der Waals surface area contributed by atoms with Crippen LogP contribution in [0.1, 0.15) is 18.9 Å². The molecular formula is C17H27N3O2. The van der Waals surface area contributed by atoms with Gasteiger partial charge in [0.15, 0.2) is 0 Å². The van der Waals surface area contributed by atoms with Crippen molar-refractivity contribution in [3.8, 4) is 0 Å². The Morgan fingerprint density at radius 1 is 1.32 bits per heavy atom. The van der Waals surface area contributed by atoms with E-state index < -0.39 is 0 Å². The second-order valence-corrected chi connectivity index (χ2v) is 5.81. The van der Waals surface area contributed by atoms with Crippen LogP contribution in [0.5, 0.6) is 0 Å². The number of hydrogen-bond donors (Lipinski definition) is 1. The first-order valence-corrected chi connectivity index (χ1v) is 8.04. The van der Waals surface area contributed by atoms with Gasteiger partial charge in [-0.05, 0) is 12.5 Å². The molecule has 0 spiro atoms. The highest BCUT2D eigenvalue weighted by Crippen LogP contribution is 2.12. The molecule has 1 amide bonds. The molecule has 2 rings (SSSR count). The van der Waals surface area contributed by atoms with E-state index >= 15 is 0 Å². The van der Waals surface area contributed by atoms with Gasteiger partial charge in [-0.25, -0.2) is 0 Å². The summed E-state index contributed by atoms with van der Waals surface area (Å²) in [7, 11) is 0. The number of rotatable bonds is 7. The molecule has 1 fully saturated rings. The highest BCUT2D eigenvalue weighted by molar-refractivity contribution is 5.76. The molecule has 1 aromatic rings. The van der Waals surface area contributed by atoms with E-state index in [-0.39, 0.29) is 11.9 Å². The molecule has 0 radical (unpaired) electrons. The van der Waals surface area contributed by atoms with Gasteiger partial charge in [-0.15, -0.1) is 0 Å². The summed E-state index contributed by atoms with van der Waals surface area (Å²) in [5.41, 5.74) is 6.72. The van der Waals surface area contributed by atoms with Gasteiger partial charge in [-0.3, -0.25) is 9.69 Å². The zero-order valence-electron chi connectivity index (χ0n) is 13.4. The molecule has 22 heavy (non-hydrogen) atoms. The molecule has 5 heteroatoms. The minimum absolute atomic E-state index is 0.132. The van der Waals surface area contributed by atoms with E-state index in [9.17, 15) is 4.79 Å². The van der Waals surface area contributed by atoms with Gasteiger partial charge < -0.3 is 15.4 Å². The topological polar surface area (TPSA) is 58.8 Å². The molecule has 0 bridgehead atoms. The first-order chi connectivity index (χ1) is 10.7. The Morgan fingerprint density at radius 2 is 2.00 bits per heavy atom. The standard InChI is InChI=1S/C17H27N3O2/c1-15(13-19-9-11-22-12-10-19)20(17(21)7-8-18)14-16-5-3-2-4-6-16/h2-6,15H,7-14,18H2,1H3. The van der Waals surface area contributed by atoms with Gasteiger partial charge in [0.05, 0.1) is 13.2 Å². The summed E-state index contributed by atoms with van der Waals surface area (Å²) < 4.78 is 5.38. The summed E-state index contributed by atoms with van der Waals surface area (Å²) in [6.07, 6.45) is 0.403. The predicted octanol–water partition coefficient (Wildman–Crippen LogP) is 1.08. The van der Waals surface area contributed by atoms with Crippen molar-refractivity contribution >= 4 is 5.91 Å². The van der Waals surface area contributed by atoms with Crippen molar-refractivity contribution in [3.63, 3.8) is 0 Å². The SMILES string of the molecule is CC(CN1CCOCC1)N(Cc1ccccc1)C(=O)CCN. The first kappa shape index (κ1) is 16.9. The van der Waals surface area contributed by atoms with Gasteiger partial charge in [-0.1, -0.05) is 30.3 Å². The molecule has 1 aliphatic rings. The maximum atomic E-state index is 12.4. The van der Waals surface area contributed by atoms with Gasteiger partial charge in [0.25, 0.3) is 0 Å². The van der Waals surface area contributed by atoms with E-state index in [0.717, 1.165) is 38.4 Å². The highest BCUT2D eigenvalue weighted by atomic mass is 16.5. The maximum Gasteiger partial charge on any atom is 0.224 e. The van der Waals surface area contributed by atoms with E-state index in [4.69, 9.17) is 10.5 Å². The van der Waals surface area contributed by atoms with Gasteiger partial charge in [0, 0.05) is 45.2 Å². The van der Waals surface area contributed by atoms with E-state index in [1.54, 1.807) is 0 Å². The number of amides is 1. The third-order valence-corrected chi connectivity index (χ3v) is 4.03. The van der Waals surface area contributed by atoms with Crippen molar-refractivity contribution in [1.29, 1.82) is 0 Å². The van der Waals surface area contributed by atoms with Crippen LogP contribution in [0.4, 0.5) is 0 Å². The van der Waals surface area contributed by atoms with Crippen molar-refractivity contribution in [2.45, 2.75) is 25.9 Å². The average molecular weight is 305 g/mol. The number of hydrogen-bond acceptors (Lipinski definition) is 4. The molecule has 1 aromatic carbocycles. The largest absolute Gasteiger partial charge is 0.379 e. The Kier molecular flexibility index (Phi) is 6.83. The number of ether oxygens (including phenoxy) is 1.